The quantitative estimate of drug-likeness (QED) is 0.588. The van der Waals surface area contributed by atoms with E-state index in [9.17, 15) is 13.6 Å². The van der Waals surface area contributed by atoms with Gasteiger partial charge in [-0.3, -0.25) is 4.79 Å². The lowest BCUT2D eigenvalue weighted by molar-refractivity contribution is -0.116. The van der Waals surface area contributed by atoms with Gasteiger partial charge in [-0.1, -0.05) is 12.1 Å². The maximum Gasteiger partial charge on any atom is 0.387 e. The number of carbonyl (C=O) groups excluding carboxylic acids is 1. The second-order valence-electron chi connectivity index (χ2n) is 5.84. The second-order valence-corrected chi connectivity index (χ2v) is 5.84. The Kier molecular flexibility index (Phi) is 8.28. The van der Waals surface area contributed by atoms with Crippen LogP contribution in [-0.2, 0) is 11.3 Å². The zero-order valence-corrected chi connectivity index (χ0v) is 17.0. The van der Waals surface area contributed by atoms with Crippen LogP contribution in [0.5, 0.6) is 28.7 Å². The number of ether oxygens (including phenoxy) is 5. The van der Waals surface area contributed by atoms with Gasteiger partial charge in [-0.05, 0) is 29.8 Å². The molecule has 0 aromatic heterocycles. The van der Waals surface area contributed by atoms with E-state index in [1.807, 2.05) is 0 Å². The number of halogens is 2. The van der Waals surface area contributed by atoms with Crippen molar-refractivity contribution in [3.63, 3.8) is 0 Å². The van der Waals surface area contributed by atoms with E-state index in [2.05, 4.69) is 10.1 Å². The molecule has 0 fully saturated rings. The van der Waals surface area contributed by atoms with Gasteiger partial charge in [-0.2, -0.15) is 8.78 Å². The number of hydrogen-bond donors (Lipinski definition) is 1. The molecule has 2 aromatic carbocycles. The molecular formula is C21H23F2NO6. The summed E-state index contributed by atoms with van der Waals surface area (Å²) in [5.41, 5.74) is 0.993. The fourth-order valence-corrected chi connectivity index (χ4v) is 2.69. The number of para-hydroxylation sites is 1. The van der Waals surface area contributed by atoms with Crippen LogP contribution in [0.1, 0.15) is 11.1 Å². The SMILES string of the molecule is COc1cccc(/C=C/C(=O)NCc2cc(OC)c(OC)c(OC)c2)c1OC(F)F. The Hall–Kier alpha value is -3.49. The molecule has 0 radical (unpaired) electrons. The average Bonchev–Trinajstić information content (AvgIpc) is 2.75. The number of carbonyl (C=O) groups is 1. The van der Waals surface area contributed by atoms with Crippen LogP contribution in [-0.4, -0.2) is 41.0 Å². The van der Waals surface area contributed by atoms with Crippen molar-refractivity contribution in [2.75, 3.05) is 28.4 Å². The molecule has 7 nitrogen and oxygen atoms in total. The molecular weight excluding hydrogens is 400 g/mol. The Morgan fingerprint density at radius 1 is 0.967 bits per heavy atom. The number of rotatable bonds is 10. The van der Waals surface area contributed by atoms with Crippen molar-refractivity contribution < 1.29 is 37.3 Å². The van der Waals surface area contributed by atoms with Crippen molar-refractivity contribution in [3.8, 4) is 28.7 Å². The first-order chi connectivity index (χ1) is 14.4. The zero-order chi connectivity index (χ0) is 22.1. The van der Waals surface area contributed by atoms with E-state index in [0.717, 1.165) is 0 Å². The molecule has 0 saturated carbocycles. The third kappa shape index (κ3) is 5.76. The first-order valence-electron chi connectivity index (χ1n) is 8.80. The molecule has 0 spiro atoms. The monoisotopic (exact) mass is 423 g/mol. The standard InChI is InChI=1S/C21H23F2NO6/c1-26-15-7-5-6-14(19(15)30-21(22)23)8-9-18(25)24-12-13-10-16(27-2)20(29-4)17(11-13)28-3/h5-11,21H,12H2,1-4H3,(H,24,25)/b9-8+. The summed E-state index contributed by atoms with van der Waals surface area (Å²) in [4.78, 5) is 12.2. The summed E-state index contributed by atoms with van der Waals surface area (Å²) in [6.07, 6.45) is 2.58. The topological polar surface area (TPSA) is 75.3 Å². The maximum absolute atomic E-state index is 12.7. The minimum Gasteiger partial charge on any atom is -0.493 e. The molecule has 9 heteroatoms. The summed E-state index contributed by atoms with van der Waals surface area (Å²) >= 11 is 0. The van der Waals surface area contributed by atoms with Gasteiger partial charge in [0.25, 0.3) is 0 Å². The summed E-state index contributed by atoms with van der Waals surface area (Å²) in [7, 11) is 5.83. The molecule has 0 bridgehead atoms. The van der Waals surface area contributed by atoms with Crippen LogP contribution in [0.25, 0.3) is 6.08 Å². The number of nitrogens with one attached hydrogen (secondary N) is 1. The molecule has 0 atom stereocenters. The predicted molar refractivity (Wildman–Crippen MR) is 107 cm³/mol. The Bertz CT molecular complexity index is 876. The first-order valence-corrected chi connectivity index (χ1v) is 8.80. The van der Waals surface area contributed by atoms with Crippen LogP contribution >= 0.6 is 0 Å². The number of benzene rings is 2. The molecule has 2 rings (SSSR count). The molecule has 30 heavy (non-hydrogen) atoms. The van der Waals surface area contributed by atoms with E-state index in [1.165, 1.54) is 52.7 Å². The Labute approximate surface area is 173 Å². The van der Waals surface area contributed by atoms with Crippen molar-refractivity contribution in [2.24, 2.45) is 0 Å². The lowest BCUT2D eigenvalue weighted by Crippen LogP contribution is -2.20. The molecule has 0 heterocycles. The van der Waals surface area contributed by atoms with Crippen molar-refractivity contribution in [1.29, 1.82) is 0 Å². The van der Waals surface area contributed by atoms with Gasteiger partial charge in [0.05, 0.1) is 28.4 Å². The van der Waals surface area contributed by atoms with Gasteiger partial charge in [0.1, 0.15) is 0 Å². The summed E-state index contributed by atoms with van der Waals surface area (Å²) in [5, 5.41) is 2.70. The predicted octanol–water partition coefficient (Wildman–Crippen LogP) is 3.65. The molecule has 0 aliphatic heterocycles. The van der Waals surface area contributed by atoms with Crippen molar-refractivity contribution in [1.82, 2.24) is 5.32 Å². The third-order valence-corrected chi connectivity index (χ3v) is 4.04. The van der Waals surface area contributed by atoms with E-state index in [4.69, 9.17) is 18.9 Å². The number of hydrogen-bond acceptors (Lipinski definition) is 6. The Morgan fingerprint density at radius 3 is 2.13 bits per heavy atom. The van der Waals surface area contributed by atoms with Gasteiger partial charge in [0.15, 0.2) is 23.0 Å². The van der Waals surface area contributed by atoms with E-state index in [-0.39, 0.29) is 23.6 Å². The number of methoxy groups -OCH3 is 4. The molecule has 1 amide bonds. The Morgan fingerprint density at radius 2 is 1.60 bits per heavy atom. The largest absolute Gasteiger partial charge is 0.493 e. The highest BCUT2D eigenvalue weighted by Gasteiger charge is 2.15. The van der Waals surface area contributed by atoms with Gasteiger partial charge in [0.2, 0.25) is 11.7 Å². The van der Waals surface area contributed by atoms with Crippen molar-refractivity contribution in [3.05, 3.63) is 47.5 Å². The summed E-state index contributed by atoms with van der Waals surface area (Å²) in [6.45, 7) is -2.85. The third-order valence-electron chi connectivity index (χ3n) is 4.04. The number of amides is 1. The lowest BCUT2D eigenvalue weighted by atomic mass is 10.1. The number of alkyl halides is 2. The van der Waals surface area contributed by atoms with Gasteiger partial charge < -0.3 is 29.0 Å². The fourth-order valence-electron chi connectivity index (χ4n) is 2.69. The van der Waals surface area contributed by atoms with Gasteiger partial charge >= 0.3 is 6.61 Å². The first kappa shape index (κ1) is 22.8. The average molecular weight is 423 g/mol. The van der Waals surface area contributed by atoms with E-state index >= 15 is 0 Å². The normalized spacial score (nSPS) is 10.8. The van der Waals surface area contributed by atoms with E-state index in [1.54, 1.807) is 18.2 Å². The second kappa shape index (κ2) is 10.9. The van der Waals surface area contributed by atoms with Crippen LogP contribution in [0.2, 0.25) is 0 Å². The van der Waals surface area contributed by atoms with Crippen molar-refractivity contribution in [2.45, 2.75) is 13.2 Å². The molecule has 2 aromatic rings. The highest BCUT2D eigenvalue weighted by Crippen LogP contribution is 2.38. The summed E-state index contributed by atoms with van der Waals surface area (Å²) in [5.74, 6) is 0.914. The maximum atomic E-state index is 12.7. The molecule has 0 aliphatic rings. The molecule has 1 N–H and O–H groups in total. The molecule has 0 aliphatic carbocycles. The van der Waals surface area contributed by atoms with Gasteiger partial charge in [0, 0.05) is 18.2 Å². The highest BCUT2D eigenvalue weighted by atomic mass is 19.3. The lowest BCUT2D eigenvalue weighted by Gasteiger charge is -2.14. The van der Waals surface area contributed by atoms with Crippen LogP contribution in [0.15, 0.2) is 36.4 Å². The molecule has 0 saturated heterocycles. The Balaban J connectivity index is 2.13. The molecule has 0 unspecified atom stereocenters. The summed E-state index contributed by atoms with van der Waals surface area (Å²) < 4.78 is 50.8. The van der Waals surface area contributed by atoms with Gasteiger partial charge in [-0.25, -0.2) is 0 Å². The molecule has 162 valence electrons. The smallest absolute Gasteiger partial charge is 0.387 e. The minimum atomic E-state index is -3.03. The minimum absolute atomic E-state index is 0.135. The highest BCUT2D eigenvalue weighted by molar-refractivity contribution is 5.92. The van der Waals surface area contributed by atoms with E-state index in [0.29, 0.717) is 22.8 Å². The summed E-state index contributed by atoms with van der Waals surface area (Å²) in [6, 6.07) is 8.04. The van der Waals surface area contributed by atoms with Crippen LogP contribution in [0.4, 0.5) is 8.78 Å². The van der Waals surface area contributed by atoms with Crippen LogP contribution in [0.3, 0.4) is 0 Å². The van der Waals surface area contributed by atoms with Gasteiger partial charge in [-0.15, -0.1) is 0 Å². The van der Waals surface area contributed by atoms with Crippen LogP contribution < -0.4 is 29.0 Å². The fraction of sp³-hybridized carbons (Fsp3) is 0.286. The van der Waals surface area contributed by atoms with E-state index < -0.39 is 12.5 Å². The zero-order valence-electron chi connectivity index (χ0n) is 17.0. The van der Waals surface area contributed by atoms with Crippen molar-refractivity contribution >= 4 is 12.0 Å². The van der Waals surface area contributed by atoms with Crippen LogP contribution in [0, 0.1) is 0 Å².